The van der Waals surface area contributed by atoms with Crippen molar-refractivity contribution in [3.63, 3.8) is 0 Å². The van der Waals surface area contributed by atoms with Crippen LogP contribution < -0.4 is 5.73 Å². The monoisotopic (exact) mass is 291 g/mol. The largest absolute Gasteiger partial charge is 0.392 e. The van der Waals surface area contributed by atoms with Crippen LogP contribution >= 0.6 is 12.2 Å². The maximum atomic E-state index is 12.7. The van der Waals surface area contributed by atoms with Crippen LogP contribution in [-0.4, -0.2) is 53.4 Å². The van der Waals surface area contributed by atoms with Crippen molar-refractivity contribution >= 4 is 23.1 Å². The van der Waals surface area contributed by atoms with Crippen LogP contribution in [0.2, 0.25) is 0 Å². The number of likely N-dealkylation sites (N-methyl/N-ethyl adjacent to an activating group) is 1. The molecule has 2 unspecified atom stereocenters. The average molecular weight is 291 g/mol. The highest BCUT2D eigenvalue weighted by atomic mass is 32.1. The van der Waals surface area contributed by atoms with Crippen molar-refractivity contribution in [2.24, 2.45) is 5.73 Å². The first-order valence-corrected chi connectivity index (χ1v) is 7.25. The van der Waals surface area contributed by atoms with Crippen molar-refractivity contribution < 1.29 is 4.79 Å². The fourth-order valence-corrected chi connectivity index (χ4v) is 2.74. The lowest BCUT2D eigenvalue weighted by atomic mass is 9.97. The third kappa shape index (κ3) is 3.16. The Bertz CT molecular complexity index is 491. The molecule has 4 nitrogen and oxygen atoms in total. The van der Waals surface area contributed by atoms with Gasteiger partial charge in [-0.2, -0.15) is 0 Å². The number of nitrogens with two attached hydrogens (primary N) is 1. The zero-order valence-electron chi connectivity index (χ0n) is 12.0. The van der Waals surface area contributed by atoms with Gasteiger partial charge in [-0.25, -0.2) is 0 Å². The topological polar surface area (TPSA) is 49.6 Å². The molecule has 0 bridgehead atoms. The number of hydrogen-bond donors (Lipinski definition) is 1. The summed E-state index contributed by atoms with van der Waals surface area (Å²) in [6.45, 7) is 4.45. The van der Waals surface area contributed by atoms with Gasteiger partial charge in [-0.1, -0.05) is 42.5 Å². The number of carbonyl (C=O) groups is 1. The van der Waals surface area contributed by atoms with E-state index < -0.39 is 5.92 Å². The summed E-state index contributed by atoms with van der Waals surface area (Å²) in [5, 5.41) is 0. The molecule has 0 aromatic heterocycles. The Kier molecular flexibility index (Phi) is 4.73. The minimum absolute atomic E-state index is 0.0173. The van der Waals surface area contributed by atoms with Crippen LogP contribution in [0.4, 0.5) is 0 Å². The van der Waals surface area contributed by atoms with E-state index in [2.05, 4.69) is 18.9 Å². The summed E-state index contributed by atoms with van der Waals surface area (Å²) in [6, 6.07) is 9.89. The fourth-order valence-electron chi connectivity index (χ4n) is 2.51. The third-order valence-electron chi connectivity index (χ3n) is 3.94. The molecule has 1 saturated heterocycles. The van der Waals surface area contributed by atoms with Crippen molar-refractivity contribution in [1.82, 2.24) is 9.80 Å². The molecule has 0 saturated carbocycles. The number of benzene rings is 1. The highest BCUT2D eigenvalue weighted by Gasteiger charge is 2.31. The quantitative estimate of drug-likeness (QED) is 0.851. The standard InChI is InChI=1S/C15H21N3OS/c1-11-10-18(9-8-17(11)2)15(19)13(14(16)20)12-6-4-3-5-7-12/h3-7,11,13H,8-10H2,1-2H3,(H2,16,20). The highest BCUT2D eigenvalue weighted by molar-refractivity contribution is 7.80. The molecule has 20 heavy (non-hydrogen) atoms. The molecule has 1 aromatic rings. The van der Waals surface area contributed by atoms with Crippen molar-refractivity contribution in [3.05, 3.63) is 35.9 Å². The summed E-state index contributed by atoms with van der Waals surface area (Å²) in [4.78, 5) is 17.1. The lowest BCUT2D eigenvalue weighted by molar-refractivity contribution is -0.133. The Morgan fingerprint density at radius 1 is 1.35 bits per heavy atom. The van der Waals surface area contributed by atoms with E-state index in [4.69, 9.17) is 18.0 Å². The molecule has 1 heterocycles. The zero-order chi connectivity index (χ0) is 14.7. The predicted molar refractivity (Wildman–Crippen MR) is 84.6 cm³/mol. The fraction of sp³-hybridized carbons (Fsp3) is 0.467. The van der Waals surface area contributed by atoms with Gasteiger partial charge in [-0.3, -0.25) is 4.79 Å². The number of rotatable bonds is 3. The lowest BCUT2D eigenvalue weighted by Gasteiger charge is -2.39. The number of piperazine rings is 1. The van der Waals surface area contributed by atoms with Crippen LogP contribution in [0.1, 0.15) is 18.4 Å². The molecule has 0 spiro atoms. The van der Waals surface area contributed by atoms with Gasteiger partial charge in [0.15, 0.2) is 0 Å². The molecule has 0 aliphatic carbocycles. The van der Waals surface area contributed by atoms with Gasteiger partial charge in [-0.05, 0) is 19.5 Å². The van der Waals surface area contributed by atoms with Gasteiger partial charge in [0.05, 0.1) is 4.99 Å². The van der Waals surface area contributed by atoms with Crippen molar-refractivity contribution in [1.29, 1.82) is 0 Å². The van der Waals surface area contributed by atoms with E-state index in [0.29, 0.717) is 6.04 Å². The molecule has 1 aliphatic heterocycles. The molecular weight excluding hydrogens is 270 g/mol. The number of amides is 1. The summed E-state index contributed by atoms with van der Waals surface area (Å²) in [5.74, 6) is -0.495. The summed E-state index contributed by atoms with van der Waals surface area (Å²) >= 11 is 5.12. The molecule has 2 atom stereocenters. The number of hydrogen-bond acceptors (Lipinski definition) is 3. The molecule has 1 aromatic carbocycles. The summed E-state index contributed by atoms with van der Waals surface area (Å²) in [6.07, 6.45) is 0. The maximum Gasteiger partial charge on any atom is 0.237 e. The van der Waals surface area contributed by atoms with E-state index in [9.17, 15) is 4.79 Å². The van der Waals surface area contributed by atoms with Crippen LogP contribution in [0.15, 0.2) is 30.3 Å². The molecule has 108 valence electrons. The van der Waals surface area contributed by atoms with E-state index in [0.717, 1.165) is 25.2 Å². The molecule has 1 fully saturated rings. The summed E-state index contributed by atoms with van der Waals surface area (Å²) in [5.41, 5.74) is 6.68. The van der Waals surface area contributed by atoms with Crippen LogP contribution in [-0.2, 0) is 4.79 Å². The Morgan fingerprint density at radius 3 is 2.55 bits per heavy atom. The Morgan fingerprint density at radius 2 is 2.00 bits per heavy atom. The van der Waals surface area contributed by atoms with Crippen LogP contribution in [0.5, 0.6) is 0 Å². The normalized spacial score (nSPS) is 21.5. The Balaban J connectivity index is 2.18. The Hall–Kier alpha value is -1.46. The van der Waals surface area contributed by atoms with Crippen molar-refractivity contribution in [2.75, 3.05) is 26.7 Å². The first kappa shape index (κ1) is 14.9. The summed E-state index contributed by atoms with van der Waals surface area (Å²) < 4.78 is 0. The third-order valence-corrected chi connectivity index (χ3v) is 4.17. The molecule has 0 radical (unpaired) electrons. The van der Waals surface area contributed by atoms with Gasteiger partial charge in [0.2, 0.25) is 5.91 Å². The Labute approximate surface area is 125 Å². The molecule has 5 heteroatoms. The second-order valence-electron chi connectivity index (χ2n) is 5.36. The van der Waals surface area contributed by atoms with E-state index in [1.807, 2.05) is 35.2 Å². The van der Waals surface area contributed by atoms with Crippen LogP contribution in [0, 0.1) is 0 Å². The first-order chi connectivity index (χ1) is 9.50. The van der Waals surface area contributed by atoms with Gasteiger partial charge >= 0.3 is 0 Å². The van der Waals surface area contributed by atoms with E-state index in [-0.39, 0.29) is 10.9 Å². The molecule has 2 rings (SSSR count). The van der Waals surface area contributed by atoms with Gasteiger partial charge in [0.1, 0.15) is 5.92 Å². The number of thiocarbonyl (C=S) groups is 1. The number of nitrogens with zero attached hydrogens (tertiary/aromatic N) is 2. The average Bonchev–Trinajstić information content (AvgIpc) is 2.42. The van der Waals surface area contributed by atoms with E-state index >= 15 is 0 Å². The highest BCUT2D eigenvalue weighted by Crippen LogP contribution is 2.21. The van der Waals surface area contributed by atoms with E-state index in [1.54, 1.807) is 0 Å². The van der Waals surface area contributed by atoms with Crippen molar-refractivity contribution in [2.45, 2.75) is 18.9 Å². The molecular formula is C15H21N3OS. The first-order valence-electron chi connectivity index (χ1n) is 6.84. The lowest BCUT2D eigenvalue weighted by Crippen LogP contribution is -2.54. The SMILES string of the molecule is CC1CN(C(=O)C(C(N)=S)c2ccccc2)CCN1C. The van der Waals surface area contributed by atoms with Crippen molar-refractivity contribution in [3.8, 4) is 0 Å². The summed E-state index contributed by atoms with van der Waals surface area (Å²) in [7, 11) is 2.08. The van der Waals surface area contributed by atoms with E-state index in [1.165, 1.54) is 0 Å². The molecule has 1 amide bonds. The maximum absolute atomic E-state index is 12.7. The zero-order valence-corrected chi connectivity index (χ0v) is 12.8. The minimum Gasteiger partial charge on any atom is -0.392 e. The smallest absolute Gasteiger partial charge is 0.237 e. The van der Waals surface area contributed by atoms with Gasteiger partial charge in [-0.15, -0.1) is 0 Å². The van der Waals surface area contributed by atoms with Gasteiger partial charge < -0.3 is 15.5 Å². The van der Waals surface area contributed by atoms with Gasteiger partial charge in [0, 0.05) is 25.7 Å². The number of carbonyl (C=O) groups excluding carboxylic acids is 1. The second-order valence-corrected chi connectivity index (χ2v) is 5.83. The predicted octanol–water partition coefficient (Wildman–Crippen LogP) is 1.22. The van der Waals surface area contributed by atoms with Crippen LogP contribution in [0.25, 0.3) is 0 Å². The minimum atomic E-state index is -0.512. The molecule has 2 N–H and O–H groups in total. The second kappa shape index (κ2) is 6.33. The van der Waals surface area contributed by atoms with Crippen LogP contribution in [0.3, 0.4) is 0 Å². The van der Waals surface area contributed by atoms with Gasteiger partial charge in [0.25, 0.3) is 0 Å². The molecule has 1 aliphatic rings.